The third-order valence-corrected chi connectivity index (χ3v) is 6.96. The van der Waals surface area contributed by atoms with Gasteiger partial charge in [-0.25, -0.2) is 18.8 Å². The highest BCUT2D eigenvalue weighted by Crippen LogP contribution is 2.39. The van der Waals surface area contributed by atoms with Crippen LogP contribution in [-0.2, 0) is 4.74 Å². The van der Waals surface area contributed by atoms with Crippen LogP contribution < -0.4 is 10.1 Å². The molecule has 39 heavy (non-hydrogen) atoms. The molecule has 5 rings (SSSR count). The fraction of sp³-hybridized carbons (Fsp3) is 0.444. The van der Waals surface area contributed by atoms with Gasteiger partial charge in [-0.15, -0.1) is 0 Å². The summed E-state index contributed by atoms with van der Waals surface area (Å²) in [5.41, 5.74) is 1.87. The molecule has 1 saturated heterocycles. The molecule has 1 saturated carbocycles. The molecule has 3 heterocycles. The van der Waals surface area contributed by atoms with Gasteiger partial charge in [0.2, 0.25) is 0 Å². The zero-order valence-corrected chi connectivity index (χ0v) is 22.3. The molecule has 1 aliphatic carbocycles. The van der Waals surface area contributed by atoms with Crippen molar-refractivity contribution >= 4 is 29.3 Å². The summed E-state index contributed by atoms with van der Waals surface area (Å²) in [7, 11) is 1.69. The Bertz CT molecular complexity index is 1370. The number of piperazine rings is 1. The number of aromatic amines is 2. The van der Waals surface area contributed by atoms with Crippen LogP contribution in [0.1, 0.15) is 30.1 Å². The van der Waals surface area contributed by atoms with Crippen LogP contribution in [0.25, 0.3) is 10.9 Å². The quantitative estimate of drug-likeness (QED) is 0.251. The number of halogens is 2. The van der Waals surface area contributed by atoms with Gasteiger partial charge in [0.25, 0.3) is 0 Å². The second kappa shape index (κ2) is 12.0. The van der Waals surface area contributed by atoms with Gasteiger partial charge in [-0.1, -0.05) is 0 Å². The molecule has 1 aliphatic heterocycles. The van der Waals surface area contributed by atoms with Gasteiger partial charge in [0, 0.05) is 80.7 Å². The lowest BCUT2D eigenvalue weighted by Gasteiger charge is -2.35. The maximum absolute atomic E-state index is 15.0. The number of methoxy groups -OCH3 is 1. The van der Waals surface area contributed by atoms with Crippen LogP contribution in [0.2, 0.25) is 0 Å². The van der Waals surface area contributed by atoms with Crippen LogP contribution in [0, 0.1) is 18.6 Å². The summed E-state index contributed by atoms with van der Waals surface area (Å²) >= 11 is 0. The number of ether oxygens (including phenoxy) is 2. The van der Waals surface area contributed by atoms with Crippen molar-refractivity contribution in [3.05, 3.63) is 53.1 Å². The minimum absolute atomic E-state index is 0.117. The molecule has 1 aromatic carbocycles. The van der Waals surface area contributed by atoms with E-state index in [9.17, 15) is 4.39 Å². The molecule has 0 unspecified atom stereocenters. The van der Waals surface area contributed by atoms with Gasteiger partial charge in [-0.3, -0.25) is 10.00 Å². The smallest absolute Gasteiger partial charge is 0.181 e. The Labute approximate surface area is 225 Å². The number of benzene rings is 1. The summed E-state index contributed by atoms with van der Waals surface area (Å²) < 4.78 is 40.4. The highest BCUT2D eigenvalue weighted by molar-refractivity contribution is 5.94. The number of aliphatic imine (C=N–C) groups is 2. The molecule has 2 aliphatic rings. The summed E-state index contributed by atoms with van der Waals surface area (Å²) in [6.07, 6.45) is 4.10. The van der Waals surface area contributed by atoms with Crippen molar-refractivity contribution in [1.82, 2.24) is 25.0 Å². The normalized spacial score (nSPS) is 17.2. The molecule has 0 atom stereocenters. The fourth-order valence-electron chi connectivity index (χ4n) is 4.64. The van der Waals surface area contributed by atoms with Gasteiger partial charge < -0.3 is 24.7 Å². The number of aromatic nitrogens is 3. The van der Waals surface area contributed by atoms with Gasteiger partial charge in [-0.05, 0) is 32.5 Å². The van der Waals surface area contributed by atoms with E-state index in [1.165, 1.54) is 12.8 Å². The molecule has 10 nitrogen and oxygen atoms in total. The van der Waals surface area contributed by atoms with Crippen molar-refractivity contribution in [2.75, 3.05) is 58.5 Å². The molecule has 0 radical (unpaired) electrons. The predicted octanol–water partition coefficient (Wildman–Crippen LogP) is 4.01. The minimum Gasteiger partial charge on any atom is -0.468 e. The standard InChI is InChI=1S/C27H34F2N8O2/c1-17-12-19-26(29)22(13-20(28)27(19)32-17)39-16-31-25(37-8-6-36(7-9-37)10-11-38-3)15-23(30-2)33-24-14-21(34-35-24)18-4-5-18/h12-15,18,32H,2,4-11,16H2,1,3H3,(H2,33,34,35)/b23-15+,31-25+. The average molecular weight is 541 g/mol. The molecule has 3 N–H and O–H groups in total. The van der Waals surface area contributed by atoms with Gasteiger partial charge >= 0.3 is 0 Å². The number of nitrogens with one attached hydrogen (secondary N) is 3. The van der Waals surface area contributed by atoms with E-state index < -0.39 is 11.6 Å². The zero-order chi connectivity index (χ0) is 27.4. The SMILES string of the molecule is C=N/C(=C\C(=N/COc1cc(F)c2[nH]c(C)cc2c1F)N1CCN(CCOC)CC1)Nc1cc(C2CC2)[nH]n1. The topological polar surface area (TPSA) is 106 Å². The molecular weight excluding hydrogens is 506 g/mol. The first-order valence-corrected chi connectivity index (χ1v) is 13.1. The van der Waals surface area contributed by atoms with Crippen LogP contribution in [-0.4, -0.2) is 90.7 Å². The molecule has 0 bridgehead atoms. The van der Waals surface area contributed by atoms with Crippen LogP contribution in [0.3, 0.4) is 0 Å². The van der Waals surface area contributed by atoms with Gasteiger partial charge in [0.1, 0.15) is 11.7 Å². The molecule has 3 aromatic rings. The van der Waals surface area contributed by atoms with Gasteiger partial charge in [0.15, 0.2) is 29.9 Å². The first kappa shape index (κ1) is 26.8. The van der Waals surface area contributed by atoms with E-state index in [1.807, 2.05) is 6.07 Å². The van der Waals surface area contributed by atoms with Crippen molar-refractivity contribution in [3.63, 3.8) is 0 Å². The fourth-order valence-corrected chi connectivity index (χ4v) is 4.64. The monoisotopic (exact) mass is 540 g/mol. The van der Waals surface area contributed by atoms with E-state index in [0.29, 0.717) is 35.7 Å². The second-order valence-corrected chi connectivity index (χ2v) is 9.82. The number of hydrogen-bond donors (Lipinski definition) is 3. The second-order valence-electron chi connectivity index (χ2n) is 9.82. The van der Waals surface area contributed by atoms with E-state index >= 15 is 4.39 Å². The molecule has 2 aromatic heterocycles. The van der Waals surface area contributed by atoms with Gasteiger partial charge in [-0.2, -0.15) is 5.10 Å². The molecule has 2 fully saturated rings. The molecule has 0 spiro atoms. The predicted molar refractivity (Wildman–Crippen MR) is 148 cm³/mol. The van der Waals surface area contributed by atoms with Crippen LogP contribution >= 0.6 is 0 Å². The Morgan fingerprint density at radius 3 is 2.74 bits per heavy atom. The van der Waals surface area contributed by atoms with Crippen molar-refractivity contribution < 1.29 is 18.3 Å². The number of rotatable bonds is 11. The lowest BCUT2D eigenvalue weighted by atomic mass is 10.2. The first-order valence-electron chi connectivity index (χ1n) is 13.1. The van der Waals surface area contributed by atoms with Crippen LogP contribution in [0.5, 0.6) is 5.75 Å². The molecule has 12 heteroatoms. The maximum atomic E-state index is 15.0. The number of fused-ring (bicyclic) bond motifs is 1. The van der Waals surface area contributed by atoms with Crippen molar-refractivity contribution in [1.29, 1.82) is 0 Å². The summed E-state index contributed by atoms with van der Waals surface area (Å²) in [4.78, 5) is 16.0. The number of aryl methyl sites for hydroxylation is 1. The Morgan fingerprint density at radius 1 is 1.23 bits per heavy atom. The van der Waals surface area contributed by atoms with Crippen molar-refractivity contribution in [2.45, 2.75) is 25.7 Å². The summed E-state index contributed by atoms with van der Waals surface area (Å²) in [5, 5.41) is 10.7. The Morgan fingerprint density at radius 2 is 2.03 bits per heavy atom. The molecule has 0 amide bonds. The number of amidine groups is 1. The summed E-state index contributed by atoms with van der Waals surface area (Å²) in [5.74, 6) is 0.829. The lowest BCUT2D eigenvalue weighted by Crippen LogP contribution is -2.49. The van der Waals surface area contributed by atoms with Crippen LogP contribution in [0.15, 0.2) is 40.1 Å². The third kappa shape index (κ3) is 6.45. The van der Waals surface area contributed by atoms with E-state index in [2.05, 4.69) is 47.0 Å². The van der Waals surface area contributed by atoms with Crippen LogP contribution in [0.4, 0.5) is 14.6 Å². The third-order valence-electron chi connectivity index (χ3n) is 6.96. The lowest BCUT2D eigenvalue weighted by molar-refractivity contribution is 0.120. The number of anilines is 1. The number of H-pyrrole nitrogens is 2. The summed E-state index contributed by atoms with van der Waals surface area (Å²) in [6, 6.07) is 4.57. The van der Waals surface area contributed by atoms with E-state index in [0.717, 1.165) is 44.5 Å². The Hall–Kier alpha value is -3.77. The van der Waals surface area contributed by atoms with Crippen molar-refractivity contribution in [2.24, 2.45) is 9.98 Å². The van der Waals surface area contributed by atoms with Crippen molar-refractivity contribution in [3.8, 4) is 5.75 Å². The highest BCUT2D eigenvalue weighted by atomic mass is 19.1. The first-order chi connectivity index (χ1) is 18.9. The minimum atomic E-state index is -0.630. The zero-order valence-electron chi connectivity index (χ0n) is 22.3. The molecule has 208 valence electrons. The van der Waals surface area contributed by atoms with E-state index in [4.69, 9.17) is 9.47 Å². The Kier molecular flexibility index (Phi) is 8.22. The highest BCUT2D eigenvalue weighted by Gasteiger charge is 2.26. The summed E-state index contributed by atoms with van der Waals surface area (Å²) in [6.45, 7) is 9.84. The molecular formula is C27H34F2N8O2. The number of hydrogen-bond acceptors (Lipinski definition) is 7. The van der Waals surface area contributed by atoms with Gasteiger partial charge in [0.05, 0.1) is 12.1 Å². The van der Waals surface area contributed by atoms with E-state index in [1.54, 1.807) is 26.2 Å². The largest absolute Gasteiger partial charge is 0.468 e. The Balaban J connectivity index is 1.34. The van der Waals surface area contributed by atoms with E-state index in [-0.39, 0.29) is 23.4 Å². The maximum Gasteiger partial charge on any atom is 0.181 e. The average Bonchev–Trinajstić information content (AvgIpc) is 3.55. The number of nitrogens with zero attached hydrogens (tertiary/aromatic N) is 5.